The van der Waals surface area contributed by atoms with E-state index in [0.29, 0.717) is 17.4 Å². The molecule has 3 rings (SSSR count). The summed E-state index contributed by atoms with van der Waals surface area (Å²) in [4.78, 5) is 15.9. The summed E-state index contributed by atoms with van der Waals surface area (Å²) >= 11 is 0. The van der Waals surface area contributed by atoms with Gasteiger partial charge in [-0.1, -0.05) is 12.8 Å². The number of fused-ring (bicyclic) bond motifs is 1. The van der Waals surface area contributed by atoms with Crippen LogP contribution in [0.5, 0.6) is 0 Å². The molecule has 2 aromatic rings. The molecule has 1 fully saturated rings. The van der Waals surface area contributed by atoms with E-state index in [1.54, 1.807) is 13.4 Å². The molecule has 0 spiro atoms. The van der Waals surface area contributed by atoms with Gasteiger partial charge in [-0.3, -0.25) is 0 Å². The molecule has 0 aliphatic heterocycles. The highest BCUT2D eigenvalue weighted by molar-refractivity contribution is 5.84. The number of H-pyrrole nitrogens is 1. The van der Waals surface area contributed by atoms with E-state index in [4.69, 9.17) is 0 Å². The lowest BCUT2D eigenvalue weighted by Gasteiger charge is -2.28. The average Bonchev–Trinajstić information content (AvgIpc) is 3.07. The maximum absolute atomic E-state index is 9.68. The van der Waals surface area contributed by atoms with Crippen LogP contribution in [0.15, 0.2) is 6.33 Å². The molecule has 2 heterocycles. The van der Waals surface area contributed by atoms with Gasteiger partial charge in [-0.15, -0.1) is 0 Å². The largest absolute Gasteiger partial charge is 0.394 e. The predicted octanol–water partition coefficient (Wildman–Crippen LogP) is 1.11. The number of aromatic nitrogens is 4. The zero-order valence-corrected chi connectivity index (χ0v) is 10.9. The first kappa shape index (κ1) is 12.2. The lowest BCUT2D eigenvalue weighted by molar-refractivity contribution is 0.214. The van der Waals surface area contributed by atoms with Gasteiger partial charge < -0.3 is 20.7 Å². The summed E-state index contributed by atoms with van der Waals surface area (Å²) in [6, 6.07) is 0. The fourth-order valence-corrected chi connectivity index (χ4v) is 2.66. The van der Waals surface area contributed by atoms with Crippen LogP contribution in [0.25, 0.3) is 11.2 Å². The normalized spacial score (nSPS) is 17.8. The Morgan fingerprint density at radius 1 is 1.37 bits per heavy atom. The van der Waals surface area contributed by atoms with Crippen LogP contribution >= 0.6 is 0 Å². The smallest absolute Gasteiger partial charge is 0.226 e. The van der Waals surface area contributed by atoms with Crippen LogP contribution in [0.3, 0.4) is 0 Å². The van der Waals surface area contributed by atoms with Crippen LogP contribution < -0.4 is 10.6 Å². The molecule has 4 N–H and O–H groups in total. The lowest BCUT2D eigenvalue weighted by Crippen LogP contribution is -2.39. The summed E-state index contributed by atoms with van der Waals surface area (Å²) in [6.45, 7) is 0.113. The van der Waals surface area contributed by atoms with Crippen molar-refractivity contribution in [3.05, 3.63) is 6.33 Å². The maximum atomic E-state index is 9.68. The fraction of sp³-hybridized carbons (Fsp3) is 0.583. The third-order valence-electron chi connectivity index (χ3n) is 3.76. The summed E-state index contributed by atoms with van der Waals surface area (Å²) in [6.07, 6.45) is 5.77. The second kappa shape index (κ2) is 4.65. The van der Waals surface area contributed by atoms with E-state index in [2.05, 4.69) is 30.6 Å². The Morgan fingerprint density at radius 2 is 2.16 bits per heavy atom. The van der Waals surface area contributed by atoms with E-state index in [9.17, 15) is 5.11 Å². The highest BCUT2D eigenvalue weighted by atomic mass is 16.3. The molecule has 102 valence electrons. The third kappa shape index (κ3) is 2.10. The number of imidazole rings is 1. The molecule has 0 amide bonds. The molecule has 0 atom stereocenters. The highest BCUT2D eigenvalue weighted by Crippen LogP contribution is 2.33. The Hall–Kier alpha value is -1.89. The monoisotopic (exact) mass is 262 g/mol. The Labute approximate surface area is 110 Å². The summed E-state index contributed by atoms with van der Waals surface area (Å²) in [7, 11) is 1.77. The van der Waals surface area contributed by atoms with Crippen LogP contribution in [0.2, 0.25) is 0 Å². The van der Waals surface area contributed by atoms with Gasteiger partial charge in [0.25, 0.3) is 0 Å². The number of rotatable bonds is 4. The first-order valence-electron chi connectivity index (χ1n) is 6.54. The van der Waals surface area contributed by atoms with Crippen molar-refractivity contribution in [3.63, 3.8) is 0 Å². The van der Waals surface area contributed by atoms with Crippen molar-refractivity contribution >= 4 is 22.9 Å². The first-order chi connectivity index (χ1) is 9.26. The average molecular weight is 262 g/mol. The Kier molecular flexibility index (Phi) is 2.98. The number of aliphatic hydroxyl groups excluding tert-OH is 1. The zero-order valence-electron chi connectivity index (χ0n) is 10.9. The van der Waals surface area contributed by atoms with Crippen molar-refractivity contribution in [2.75, 3.05) is 24.3 Å². The number of aromatic amines is 1. The minimum Gasteiger partial charge on any atom is -0.394 e. The second-order valence-electron chi connectivity index (χ2n) is 5.02. The number of nitrogens with one attached hydrogen (secondary N) is 3. The molecule has 1 aliphatic carbocycles. The number of hydrogen-bond acceptors (Lipinski definition) is 6. The molecule has 0 unspecified atom stereocenters. The van der Waals surface area contributed by atoms with Crippen LogP contribution in [0.4, 0.5) is 11.8 Å². The molecule has 2 aromatic heterocycles. The third-order valence-corrected chi connectivity index (χ3v) is 3.76. The van der Waals surface area contributed by atoms with Crippen molar-refractivity contribution in [2.45, 2.75) is 31.2 Å². The molecule has 1 saturated carbocycles. The molecule has 0 bridgehead atoms. The Morgan fingerprint density at radius 3 is 2.84 bits per heavy atom. The van der Waals surface area contributed by atoms with Gasteiger partial charge in [-0.05, 0) is 12.8 Å². The Balaban J connectivity index is 2.01. The molecule has 1 aliphatic rings. The molecular weight excluding hydrogens is 244 g/mol. The zero-order chi connectivity index (χ0) is 13.3. The van der Waals surface area contributed by atoms with Gasteiger partial charge in [0.2, 0.25) is 5.95 Å². The summed E-state index contributed by atoms with van der Waals surface area (Å²) in [5.74, 6) is 1.22. The van der Waals surface area contributed by atoms with Gasteiger partial charge in [0.1, 0.15) is 5.52 Å². The van der Waals surface area contributed by atoms with E-state index < -0.39 is 0 Å². The van der Waals surface area contributed by atoms with Crippen molar-refractivity contribution < 1.29 is 5.11 Å². The molecular formula is C12H18N6O. The maximum Gasteiger partial charge on any atom is 0.226 e. The second-order valence-corrected chi connectivity index (χ2v) is 5.02. The summed E-state index contributed by atoms with van der Waals surface area (Å²) in [5.41, 5.74) is 1.13. The van der Waals surface area contributed by atoms with Crippen molar-refractivity contribution in [3.8, 4) is 0 Å². The van der Waals surface area contributed by atoms with Crippen LogP contribution in [0, 0.1) is 0 Å². The van der Waals surface area contributed by atoms with Gasteiger partial charge in [0.15, 0.2) is 11.5 Å². The van der Waals surface area contributed by atoms with Crippen molar-refractivity contribution in [1.29, 1.82) is 0 Å². The number of aliphatic hydroxyl groups is 1. The fourth-order valence-electron chi connectivity index (χ4n) is 2.66. The number of hydrogen-bond donors (Lipinski definition) is 4. The van der Waals surface area contributed by atoms with E-state index in [1.807, 2.05) is 0 Å². The van der Waals surface area contributed by atoms with Crippen molar-refractivity contribution in [1.82, 2.24) is 19.9 Å². The summed E-state index contributed by atoms with van der Waals surface area (Å²) < 4.78 is 0. The van der Waals surface area contributed by atoms with Crippen LogP contribution in [-0.4, -0.2) is 44.2 Å². The molecule has 0 aromatic carbocycles. The van der Waals surface area contributed by atoms with E-state index in [1.165, 1.54) is 0 Å². The highest BCUT2D eigenvalue weighted by Gasteiger charge is 2.34. The van der Waals surface area contributed by atoms with Crippen LogP contribution in [-0.2, 0) is 0 Å². The van der Waals surface area contributed by atoms with E-state index in [-0.39, 0.29) is 12.1 Å². The molecule has 7 nitrogen and oxygen atoms in total. The number of nitrogens with zero attached hydrogens (tertiary/aromatic N) is 3. The van der Waals surface area contributed by atoms with Crippen LogP contribution in [0.1, 0.15) is 25.7 Å². The van der Waals surface area contributed by atoms with Gasteiger partial charge in [-0.25, -0.2) is 4.98 Å². The summed E-state index contributed by atoms with van der Waals surface area (Å²) in [5, 5.41) is 16.0. The van der Waals surface area contributed by atoms with E-state index in [0.717, 1.165) is 31.2 Å². The van der Waals surface area contributed by atoms with Gasteiger partial charge >= 0.3 is 0 Å². The molecule has 7 heteroatoms. The van der Waals surface area contributed by atoms with Gasteiger partial charge in [0.05, 0.1) is 18.5 Å². The van der Waals surface area contributed by atoms with E-state index >= 15 is 0 Å². The van der Waals surface area contributed by atoms with Gasteiger partial charge in [0, 0.05) is 7.05 Å². The minimum atomic E-state index is -0.266. The van der Waals surface area contributed by atoms with Gasteiger partial charge in [-0.2, -0.15) is 9.97 Å². The SMILES string of the molecule is CNc1nc(NC2(CO)CCCC2)c2[nH]cnc2n1. The first-order valence-corrected chi connectivity index (χ1v) is 6.54. The number of anilines is 2. The quantitative estimate of drug-likeness (QED) is 0.659. The standard InChI is InChI=1S/C12H18N6O/c1-13-11-16-9-8(14-7-15-9)10(17-11)18-12(6-19)4-2-3-5-12/h7,19H,2-6H2,1H3,(H3,13,14,15,16,17,18). The molecule has 0 saturated heterocycles. The predicted molar refractivity (Wildman–Crippen MR) is 73.1 cm³/mol. The molecule has 19 heavy (non-hydrogen) atoms. The lowest BCUT2D eigenvalue weighted by atomic mass is 9.99. The van der Waals surface area contributed by atoms with Crippen molar-refractivity contribution in [2.24, 2.45) is 0 Å². The topological polar surface area (TPSA) is 98.8 Å². The molecule has 0 radical (unpaired) electrons. The minimum absolute atomic E-state index is 0.113. The Bertz CT molecular complexity index is 575.